The first-order chi connectivity index (χ1) is 4.68. The Morgan fingerprint density at radius 1 is 1.40 bits per heavy atom. The molecule has 0 aromatic rings. The zero-order chi connectivity index (χ0) is 8.41. The van der Waals surface area contributed by atoms with Crippen LogP contribution in [0.15, 0.2) is 25.7 Å². The molecular weight excluding hydrogens is 128 g/mol. The maximum atomic E-state index is 8.14. The van der Waals surface area contributed by atoms with Crippen LogP contribution in [0.25, 0.3) is 0 Å². The minimum absolute atomic E-state index is 0.306. The van der Waals surface area contributed by atoms with Crippen LogP contribution >= 0.6 is 0 Å². The van der Waals surface area contributed by atoms with Crippen LogP contribution < -0.4 is 0 Å². The van der Waals surface area contributed by atoms with E-state index in [0.29, 0.717) is 12.5 Å². The van der Waals surface area contributed by atoms with Gasteiger partial charge in [0.05, 0.1) is 12.5 Å². The van der Waals surface area contributed by atoms with Gasteiger partial charge in [0.25, 0.3) is 0 Å². The van der Waals surface area contributed by atoms with Gasteiger partial charge in [-0.2, -0.15) is 0 Å². The summed E-state index contributed by atoms with van der Waals surface area (Å²) in [5, 5.41) is 8.14. The molecule has 0 saturated carbocycles. The van der Waals surface area contributed by atoms with Crippen molar-refractivity contribution in [1.82, 2.24) is 0 Å². The SMILES string of the molecule is C=COC=C.CC(C)CO. The van der Waals surface area contributed by atoms with Crippen LogP contribution in [0.2, 0.25) is 0 Å². The van der Waals surface area contributed by atoms with E-state index in [1.54, 1.807) is 0 Å². The fraction of sp³-hybridized carbons (Fsp3) is 0.500. The molecule has 0 bridgehead atoms. The Bertz CT molecular complexity index is 71.3. The molecule has 0 atom stereocenters. The van der Waals surface area contributed by atoms with Gasteiger partial charge in [0.1, 0.15) is 0 Å². The minimum Gasteiger partial charge on any atom is -0.474 e. The predicted molar refractivity (Wildman–Crippen MR) is 43.4 cm³/mol. The highest BCUT2D eigenvalue weighted by Crippen LogP contribution is 1.83. The molecule has 0 radical (unpaired) electrons. The molecule has 0 spiro atoms. The molecule has 0 heterocycles. The first kappa shape index (κ1) is 12.0. The second kappa shape index (κ2) is 11.1. The Morgan fingerprint density at radius 3 is 1.70 bits per heavy atom. The van der Waals surface area contributed by atoms with Crippen LogP contribution in [0, 0.1) is 5.92 Å². The van der Waals surface area contributed by atoms with Gasteiger partial charge >= 0.3 is 0 Å². The molecule has 2 nitrogen and oxygen atoms in total. The maximum Gasteiger partial charge on any atom is 0.0829 e. The third-order valence-electron chi connectivity index (χ3n) is 0.558. The monoisotopic (exact) mass is 144 g/mol. The highest BCUT2D eigenvalue weighted by molar-refractivity contribution is 4.57. The molecule has 0 aliphatic carbocycles. The minimum atomic E-state index is 0.306. The van der Waals surface area contributed by atoms with E-state index in [-0.39, 0.29) is 0 Å². The number of hydrogen-bond donors (Lipinski definition) is 1. The molecule has 0 aromatic heterocycles. The van der Waals surface area contributed by atoms with E-state index >= 15 is 0 Å². The average molecular weight is 144 g/mol. The van der Waals surface area contributed by atoms with E-state index in [4.69, 9.17) is 5.11 Å². The average Bonchev–Trinajstić information content (AvgIpc) is 1.91. The molecule has 0 amide bonds. The summed E-state index contributed by atoms with van der Waals surface area (Å²) in [6.45, 7) is 10.8. The van der Waals surface area contributed by atoms with E-state index in [0.717, 1.165) is 0 Å². The van der Waals surface area contributed by atoms with E-state index in [9.17, 15) is 0 Å². The predicted octanol–water partition coefficient (Wildman–Crippen LogP) is 1.92. The van der Waals surface area contributed by atoms with Crippen molar-refractivity contribution in [3.63, 3.8) is 0 Å². The lowest BCUT2D eigenvalue weighted by Gasteiger charge is -1.90. The van der Waals surface area contributed by atoms with Crippen molar-refractivity contribution in [3.8, 4) is 0 Å². The summed E-state index contributed by atoms with van der Waals surface area (Å²) in [6, 6.07) is 0. The molecule has 0 fully saturated rings. The lowest BCUT2D eigenvalue weighted by atomic mass is 10.2. The molecule has 1 N–H and O–H groups in total. The number of hydrogen-bond acceptors (Lipinski definition) is 2. The smallest absolute Gasteiger partial charge is 0.0829 e. The maximum absolute atomic E-state index is 8.14. The van der Waals surface area contributed by atoms with Gasteiger partial charge in [0, 0.05) is 6.61 Å². The molecule has 0 aliphatic rings. The second-order valence-corrected chi connectivity index (χ2v) is 2.05. The third kappa shape index (κ3) is 26.9. The van der Waals surface area contributed by atoms with Gasteiger partial charge in [0.15, 0.2) is 0 Å². The third-order valence-corrected chi connectivity index (χ3v) is 0.558. The lowest BCUT2D eigenvalue weighted by molar-refractivity contribution is 0.248. The van der Waals surface area contributed by atoms with Crippen LogP contribution in [0.3, 0.4) is 0 Å². The summed E-state index contributed by atoms with van der Waals surface area (Å²) >= 11 is 0. The van der Waals surface area contributed by atoms with Crippen molar-refractivity contribution in [2.75, 3.05) is 6.61 Å². The molecule has 0 aromatic carbocycles. The summed E-state index contributed by atoms with van der Waals surface area (Å²) in [5.74, 6) is 0.440. The van der Waals surface area contributed by atoms with Crippen LogP contribution in [-0.2, 0) is 4.74 Å². The van der Waals surface area contributed by atoms with Gasteiger partial charge in [0.2, 0.25) is 0 Å². The first-order valence-corrected chi connectivity index (χ1v) is 3.17. The van der Waals surface area contributed by atoms with E-state index in [1.807, 2.05) is 13.8 Å². The molecular formula is C8H16O2. The van der Waals surface area contributed by atoms with E-state index in [1.165, 1.54) is 12.5 Å². The number of aliphatic hydroxyl groups excluding tert-OH is 1. The Balaban J connectivity index is 0. The highest BCUT2D eigenvalue weighted by Gasteiger charge is 1.81. The van der Waals surface area contributed by atoms with Crippen LogP contribution in [0.4, 0.5) is 0 Å². The zero-order valence-electron chi connectivity index (χ0n) is 6.71. The lowest BCUT2D eigenvalue weighted by Crippen LogP contribution is -1.90. The standard InChI is InChI=1S/C4H10O.C4H6O/c1-4(2)3-5;1-3-5-4-2/h4-5H,3H2,1-2H3;3-4H,1-2H2. The van der Waals surface area contributed by atoms with E-state index < -0.39 is 0 Å². The quantitative estimate of drug-likeness (QED) is 0.613. The second-order valence-electron chi connectivity index (χ2n) is 2.05. The summed E-state index contributed by atoms with van der Waals surface area (Å²) in [5.41, 5.74) is 0. The molecule has 2 heteroatoms. The van der Waals surface area contributed by atoms with Gasteiger partial charge in [-0.3, -0.25) is 0 Å². The van der Waals surface area contributed by atoms with Crippen LogP contribution in [0.1, 0.15) is 13.8 Å². The Hall–Kier alpha value is -0.760. The number of rotatable bonds is 3. The first-order valence-electron chi connectivity index (χ1n) is 3.17. The van der Waals surface area contributed by atoms with Gasteiger partial charge in [-0.05, 0) is 5.92 Å². The van der Waals surface area contributed by atoms with Crippen molar-refractivity contribution in [1.29, 1.82) is 0 Å². The van der Waals surface area contributed by atoms with Gasteiger partial charge < -0.3 is 9.84 Å². The fourth-order valence-corrected chi connectivity index (χ4v) is 0.0680. The molecule has 0 rings (SSSR count). The van der Waals surface area contributed by atoms with Gasteiger partial charge in [-0.1, -0.05) is 27.0 Å². The Morgan fingerprint density at radius 2 is 1.70 bits per heavy atom. The summed E-state index contributed by atoms with van der Waals surface area (Å²) in [7, 11) is 0. The molecule has 0 aliphatic heterocycles. The molecule has 0 unspecified atom stereocenters. The van der Waals surface area contributed by atoms with Crippen LogP contribution in [0.5, 0.6) is 0 Å². The Kier molecular flexibility index (Phi) is 13.3. The van der Waals surface area contributed by atoms with Gasteiger partial charge in [-0.15, -0.1) is 0 Å². The van der Waals surface area contributed by atoms with Crippen molar-refractivity contribution in [2.24, 2.45) is 5.92 Å². The van der Waals surface area contributed by atoms with Crippen LogP contribution in [-0.4, -0.2) is 11.7 Å². The Labute approximate surface area is 62.8 Å². The molecule has 60 valence electrons. The molecule has 10 heavy (non-hydrogen) atoms. The van der Waals surface area contributed by atoms with Crippen molar-refractivity contribution >= 4 is 0 Å². The van der Waals surface area contributed by atoms with Gasteiger partial charge in [-0.25, -0.2) is 0 Å². The largest absolute Gasteiger partial charge is 0.474 e. The van der Waals surface area contributed by atoms with Crippen molar-refractivity contribution < 1.29 is 9.84 Å². The topological polar surface area (TPSA) is 29.5 Å². The van der Waals surface area contributed by atoms with Crippen molar-refractivity contribution in [3.05, 3.63) is 25.7 Å². The highest BCUT2D eigenvalue weighted by atomic mass is 16.5. The molecule has 0 saturated heterocycles. The zero-order valence-corrected chi connectivity index (χ0v) is 6.71. The van der Waals surface area contributed by atoms with E-state index in [2.05, 4.69) is 17.9 Å². The fourth-order valence-electron chi connectivity index (χ4n) is 0.0680. The normalized spacial score (nSPS) is 7.60. The van der Waals surface area contributed by atoms with Crippen molar-refractivity contribution in [2.45, 2.75) is 13.8 Å². The summed E-state index contributed by atoms with van der Waals surface area (Å²) < 4.78 is 4.36. The summed E-state index contributed by atoms with van der Waals surface area (Å²) in [4.78, 5) is 0. The number of aliphatic hydroxyl groups is 1. The summed E-state index contributed by atoms with van der Waals surface area (Å²) in [6.07, 6.45) is 2.62. The number of ether oxygens (including phenoxy) is 1.